The molecule has 0 bridgehead atoms. The number of carbonyl (C=O) groups excluding carboxylic acids is 2. The van der Waals surface area contributed by atoms with Gasteiger partial charge in [-0.2, -0.15) is 0 Å². The average molecular weight is 468 g/mol. The molecule has 0 radical (unpaired) electrons. The highest BCUT2D eigenvalue weighted by atomic mass is 16.2. The van der Waals surface area contributed by atoms with Crippen molar-refractivity contribution in [2.45, 2.75) is 47.1 Å². The Labute approximate surface area is 202 Å². The Bertz CT molecular complexity index is 1450. The van der Waals surface area contributed by atoms with Gasteiger partial charge in [0.15, 0.2) is 0 Å². The van der Waals surface area contributed by atoms with Crippen molar-refractivity contribution in [2.75, 3.05) is 17.6 Å². The molecule has 0 unspecified atom stereocenters. The number of anilines is 3. The normalized spacial score (nSPS) is 15.4. The van der Waals surface area contributed by atoms with Crippen LogP contribution in [0.5, 0.6) is 0 Å². The van der Waals surface area contributed by atoms with Gasteiger partial charge in [-0.05, 0) is 30.7 Å². The minimum absolute atomic E-state index is 0.0415. The Kier molecular flexibility index (Phi) is 5.03. The number of aryl methyl sites for hydroxylation is 2. The molecule has 0 aromatic carbocycles. The molecule has 0 aliphatic heterocycles. The number of amides is 2. The van der Waals surface area contributed by atoms with Gasteiger partial charge in [0.2, 0.25) is 5.91 Å². The van der Waals surface area contributed by atoms with Gasteiger partial charge in [0, 0.05) is 55.3 Å². The summed E-state index contributed by atoms with van der Waals surface area (Å²) in [6.07, 6.45) is 6.42. The van der Waals surface area contributed by atoms with E-state index in [1.165, 1.54) is 12.3 Å². The third kappa shape index (κ3) is 4.69. The average Bonchev–Trinajstić information content (AvgIpc) is 3.54. The van der Waals surface area contributed by atoms with Crippen molar-refractivity contribution in [3.8, 4) is 0 Å². The van der Waals surface area contributed by atoms with Gasteiger partial charge >= 0.3 is 0 Å². The number of fused-ring (bicyclic) bond motifs is 1. The van der Waals surface area contributed by atoms with E-state index in [1.807, 2.05) is 50.8 Å². The highest BCUT2D eigenvalue weighted by Crippen LogP contribution is 2.32. The number of hydrogen-bond acceptors (Lipinski definition) is 5. The van der Waals surface area contributed by atoms with Crippen molar-refractivity contribution in [3.05, 3.63) is 46.1 Å². The second kappa shape index (κ2) is 8.62. The van der Waals surface area contributed by atoms with Crippen LogP contribution in [-0.2, 0) is 18.4 Å². The van der Waals surface area contributed by atoms with Crippen LogP contribution in [0.3, 0.4) is 0 Å². The molecule has 1 aliphatic carbocycles. The fourth-order valence-electron chi connectivity index (χ4n) is 4.13. The van der Waals surface area contributed by atoms with E-state index in [4.69, 9.17) is 4.11 Å². The Balaban J connectivity index is 1.81. The minimum atomic E-state index is -2.70. The predicted octanol–water partition coefficient (Wildman–Crippen LogP) is 3.54. The summed E-state index contributed by atoms with van der Waals surface area (Å²) in [7, 11) is 1.82. The molecule has 3 heterocycles. The molecule has 0 atom stereocenters. The van der Waals surface area contributed by atoms with Gasteiger partial charge in [-0.1, -0.05) is 20.8 Å². The molecule has 1 aliphatic rings. The summed E-state index contributed by atoms with van der Waals surface area (Å²) >= 11 is 0. The highest BCUT2D eigenvalue weighted by molar-refractivity contribution is 6.03. The second-order valence-electron chi connectivity index (χ2n) is 10.1. The van der Waals surface area contributed by atoms with Crippen molar-refractivity contribution < 1.29 is 13.7 Å². The smallest absolute Gasteiger partial charge is 0.262 e. The molecule has 3 aromatic rings. The van der Waals surface area contributed by atoms with E-state index >= 15 is 0 Å². The second-order valence-corrected chi connectivity index (χ2v) is 10.1. The summed E-state index contributed by atoms with van der Waals surface area (Å²) in [6.45, 7) is 5.88. The highest BCUT2D eigenvalue weighted by Gasteiger charge is 2.30. The molecule has 0 saturated heterocycles. The van der Waals surface area contributed by atoms with E-state index in [-0.39, 0.29) is 39.9 Å². The van der Waals surface area contributed by atoms with Gasteiger partial charge in [0.1, 0.15) is 5.82 Å². The maximum absolute atomic E-state index is 13.6. The van der Waals surface area contributed by atoms with Crippen LogP contribution in [0.2, 0.25) is 0 Å². The number of carbonyl (C=O) groups is 2. The number of hydrogen-bond donors (Lipinski definition) is 3. The molecule has 2 amide bonds. The van der Waals surface area contributed by atoms with E-state index in [9.17, 15) is 14.4 Å². The molecule has 4 rings (SSSR count). The lowest BCUT2D eigenvalue weighted by molar-refractivity contribution is -0.117. The molecule has 1 fully saturated rings. The zero-order valence-electron chi connectivity index (χ0n) is 23.1. The largest absolute Gasteiger partial charge is 0.355 e. The molecule has 0 spiro atoms. The van der Waals surface area contributed by atoms with Gasteiger partial charge in [-0.15, -0.1) is 0 Å². The van der Waals surface area contributed by atoms with Crippen LogP contribution < -0.4 is 21.5 Å². The van der Waals surface area contributed by atoms with E-state index in [1.54, 1.807) is 10.8 Å². The fourth-order valence-corrected chi connectivity index (χ4v) is 4.13. The third-order valence-electron chi connectivity index (χ3n) is 5.75. The molecule has 9 nitrogen and oxygen atoms in total. The van der Waals surface area contributed by atoms with Crippen LogP contribution in [0, 0.1) is 18.3 Å². The predicted molar refractivity (Wildman–Crippen MR) is 134 cm³/mol. The van der Waals surface area contributed by atoms with Gasteiger partial charge in [0.25, 0.3) is 11.5 Å². The standard InChI is InChI=1S/C25H32N6O3/c1-14-11-31(13-25(2,3)4)24(34)20-18(12-30(6)21(14)20)28-17-9-19(29-22(32)15-7-8-15)27-10-16(17)23(33)26-5/h9-12,15H,7-8,13H2,1-6H3,(H,26,33)(H2,27,28,29,32)/i5D3. The summed E-state index contributed by atoms with van der Waals surface area (Å²) < 4.78 is 25.7. The van der Waals surface area contributed by atoms with Crippen molar-refractivity contribution in [3.63, 3.8) is 0 Å². The zero-order valence-corrected chi connectivity index (χ0v) is 20.1. The lowest BCUT2D eigenvalue weighted by Gasteiger charge is -2.20. The number of aromatic nitrogens is 3. The first kappa shape index (κ1) is 19.8. The van der Waals surface area contributed by atoms with Crippen molar-refractivity contribution >= 4 is 39.9 Å². The van der Waals surface area contributed by atoms with Crippen LogP contribution in [0.25, 0.3) is 10.9 Å². The maximum atomic E-state index is 13.6. The number of pyridine rings is 2. The number of nitrogens with zero attached hydrogens (tertiary/aromatic N) is 3. The topological polar surface area (TPSA) is 110 Å². The molecular formula is C25H32N6O3. The van der Waals surface area contributed by atoms with Gasteiger partial charge in [0.05, 0.1) is 27.8 Å². The summed E-state index contributed by atoms with van der Waals surface area (Å²) in [6, 6.07) is 1.47. The number of rotatable bonds is 6. The van der Waals surface area contributed by atoms with Gasteiger partial charge < -0.3 is 25.1 Å². The third-order valence-corrected chi connectivity index (χ3v) is 5.75. The van der Waals surface area contributed by atoms with Crippen molar-refractivity contribution in [1.29, 1.82) is 0 Å². The monoisotopic (exact) mass is 467 g/mol. The minimum Gasteiger partial charge on any atom is -0.355 e. The molecule has 34 heavy (non-hydrogen) atoms. The fraction of sp³-hybridized carbons (Fsp3) is 0.440. The lowest BCUT2D eigenvalue weighted by atomic mass is 9.96. The van der Waals surface area contributed by atoms with Gasteiger partial charge in [-0.3, -0.25) is 14.4 Å². The van der Waals surface area contributed by atoms with E-state index in [2.05, 4.69) is 15.6 Å². The van der Waals surface area contributed by atoms with E-state index < -0.39 is 12.9 Å². The summed E-state index contributed by atoms with van der Waals surface area (Å²) in [5.41, 5.74) is 1.93. The quantitative estimate of drug-likeness (QED) is 0.514. The first-order chi connectivity index (χ1) is 17.1. The lowest BCUT2D eigenvalue weighted by Crippen LogP contribution is -2.27. The van der Waals surface area contributed by atoms with Crippen LogP contribution >= 0.6 is 0 Å². The Morgan fingerprint density at radius 2 is 1.97 bits per heavy atom. The van der Waals surface area contributed by atoms with Crippen LogP contribution in [-0.4, -0.2) is 32.9 Å². The molecular weight excluding hydrogens is 432 g/mol. The van der Waals surface area contributed by atoms with Crippen LogP contribution in [0.15, 0.2) is 29.5 Å². The van der Waals surface area contributed by atoms with Crippen molar-refractivity contribution in [2.24, 2.45) is 18.4 Å². The van der Waals surface area contributed by atoms with E-state index in [0.717, 1.165) is 23.9 Å². The maximum Gasteiger partial charge on any atom is 0.262 e. The molecule has 3 aromatic heterocycles. The number of nitrogens with one attached hydrogen (secondary N) is 3. The Morgan fingerprint density at radius 1 is 1.24 bits per heavy atom. The molecule has 9 heteroatoms. The molecule has 180 valence electrons. The zero-order chi connectivity index (χ0) is 27.3. The Hall–Kier alpha value is -3.62. The molecule has 3 N–H and O–H groups in total. The Morgan fingerprint density at radius 3 is 2.62 bits per heavy atom. The van der Waals surface area contributed by atoms with Crippen LogP contribution in [0.4, 0.5) is 17.2 Å². The SMILES string of the molecule is [2H]C([2H])([2H])NC(=O)c1cnc(NC(=O)C2CC2)cc1Nc1cn(C)c2c(C)cn(CC(C)(C)C)c(=O)c12. The summed E-state index contributed by atoms with van der Waals surface area (Å²) in [5, 5.41) is 8.30. The van der Waals surface area contributed by atoms with Crippen molar-refractivity contribution in [1.82, 2.24) is 19.4 Å². The van der Waals surface area contributed by atoms with E-state index in [0.29, 0.717) is 17.6 Å². The first-order valence-electron chi connectivity index (χ1n) is 12.7. The van der Waals surface area contributed by atoms with Gasteiger partial charge in [-0.25, -0.2) is 4.98 Å². The summed E-state index contributed by atoms with van der Waals surface area (Å²) in [5.74, 6) is -0.869. The molecule has 1 saturated carbocycles. The first-order valence-corrected chi connectivity index (χ1v) is 11.2. The summed E-state index contributed by atoms with van der Waals surface area (Å²) in [4.78, 5) is 42.8. The van der Waals surface area contributed by atoms with Crippen LogP contribution in [0.1, 0.15) is 53.6 Å².